The topological polar surface area (TPSA) is 55.6 Å². The standard InChI is InChI=1S/C11H20N2O2/c12-10-2-1-5-13(8-10)11(14)9-3-6-15-7-4-9/h9-10H,1-8,12H2/t10-/m1/s1. The minimum absolute atomic E-state index is 0.183. The van der Waals surface area contributed by atoms with E-state index in [-0.39, 0.29) is 12.0 Å². The molecule has 2 fully saturated rings. The molecule has 0 saturated carbocycles. The van der Waals surface area contributed by atoms with Gasteiger partial charge in [0.15, 0.2) is 0 Å². The van der Waals surface area contributed by atoms with Gasteiger partial charge in [0.05, 0.1) is 0 Å². The lowest BCUT2D eigenvalue weighted by atomic mass is 9.96. The minimum atomic E-state index is 0.183. The van der Waals surface area contributed by atoms with Gasteiger partial charge < -0.3 is 15.4 Å². The molecule has 0 spiro atoms. The lowest BCUT2D eigenvalue weighted by molar-refractivity contribution is -0.139. The second-order valence-electron chi connectivity index (χ2n) is 4.57. The van der Waals surface area contributed by atoms with E-state index >= 15 is 0 Å². The van der Waals surface area contributed by atoms with E-state index in [2.05, 4.69) is 0 Å². The Kier molecular flexibility index (Phi) is 3.59. The second kappa shape index (κ2) is 4.94. The van der Waals surface area contributed by atoms with E-state index in [9.17, 15) is 4.79 Å². The van der Waals surface area contributed by atoms with Gasteiger partial charge in [0, 0.05) is 38.3 Å². The lowest BCUT2D eigenvalue weighted by Crippen LogP contribution is -2.48. The Hall–Kier alpha value is -0.610. The molecule has 86 valence electrons. The van der Waals surface area contributed by atoms with Crippen LogP contribution in [0.5, 0.6) is 0 Å². The van der Waals surface area contributed by atoms with E-state index < -0.39 is 0 Å². The third-order valence-electron chi connectivity index (χ3n) is 3.34. The smallest absolute Gasteiger partial charge is 0.225 e. The summed E-state index contributed by atoms with van der Waals surface area (Å²) in [4.78, 5) is 14.1. The fourth-order valence-electron chi connectivity index (χ4n) is 2.41. The number of nitrogens with zero attached hydrogens (tertiary/aromatic N) is 1. The lowest BCUT2D eigenvalue weighted by Gasteiger charge is -2.34. The Morgan fingerprint density at radius 1 is 1.27 bits per heavy atom. The summed E-state index contributed by atoms with van der Waals surface area (Å²) in [5.74, 6) is 0.484. The highest BCUT2D eigenvalue weighted by Crippen LogP contribution is 2.19. The van der Waals surface area contributed by atoms with Crippen LogP contribution in [0.1, 0.15) is 25.7 Å². The first kappa shape index (κ1) is 10.9. The molecule has 2 saturated heterocycles. The maximum Gasteiger partial charge on any atom is 0.225 e. The molecule has 0 aliphatic carbocycles. The first-order valence-corrected chi connectivity index (χ1v) is 5.89. The Morgan fingerprint density at radius 3 is 2.67 bits per heavy atom. The Morgan fingerprint density at radius 2 is 2.00 bits per heavy atom. The minimum Gasteiger partial charge on any atom is -0.381 e. The van der Waals surface area contributed by atoms with Crippen LogP contribution in [0.2, 0.25) is 0 Å². The fourth-order valence-corrected chi connectivity index (χ4v) is 2.41. The van der Waals surface area contributed by atoms with Gasteiger partial charge in [-0.15, -0.1) is 0 Å². The van der Waals surface area contributed by atoms with Gasteiger partial charge in [-0.2, -0.15) is 0 Å². The van der Waals surface area contributed by atoms with Crippen molar-refractivity contribution in [2.24, 2.45) is 11.7 Å². The molecule has 1 atom stereocenters. The molecule has 2 aliphatic heterocycles. The molecule has 0 aromatic carbocycles. The molecule has 0 aromatic rings. The van der Waals surface area contributed by atoms with Crippen LogP contribution in [-0.2, 0) is 9.53 Å². The third-order valence-corrected chi connectivity index (χ3v) is 3.34. The molecule has 0 unspecified atom stereocenters. The van der Waals surface area contributed by atoms with Crippen LogP contribution in [0.3, 0.4) is 0 Å². The van der Waals surface area contributed by atoms with E-state index in [1.165, 1.54) is 0 Å². The number of hydrogen-bond donors (Lipinski definition) is 1. The van der Waals surface area contributed by atoms with Crippen molar-refractivity contribution >= 4 is 5.91 Å². The second-order valence-corrected chi connectivity index (χ2v) is 4.57. The molecule has 4 heteroatoms. The van der Waals surface area contributed by atoms with Crippen molar-refractivity contribution in [1.82, 2.24) is 4.90 Å². The number of nitrogens with two attached hydrogens (primary N) is 1. The Labute approximate surface area is 90.8 Å². The van der Waals surface area contributed by atoms with Crippen LogP contribution in [0.25, 0.3) is 0 Å². The SMILES string of the molecule is N[C@@H]1CCCN(C(=O)C2CCOCC2)C1. The number of hydrogen-bond acceptors (Lipinski definition) is 3. The zero-order valence-electron chi connectivity index (χ0n) is 9.15. The summed E-state index contributed by atoms with van der Waals surface area (Å²) in [5, 5.41) is 0. The molecule has 1 amide bonds. The number of rotatable bonds is 1. The van der Waals surface area contributed by atoms with Crippen molar-refractivity contribution in [2.75, 3.05) is 26.3 Å². The zero-order valence-corrected chi connectivity index (χ0v) is 9.15. The molecule has 0 bridgehead atoms. The van der Waals surface area contributed by atoms with Gasteiger partial charge in [0.25, 0.3) is 0 Å². The summed E-state index contributed by atoms with van der Waals surface area (Å²) in [7, 11) is 0. The van der Waals surface area contributed by atoms with Crippen LogP contribution in [-0.4, -0.2) is 43.2 Å². The molecule has 0 aromatic heterocycles. The molecule has 2 heterocycles. The van der Waals surface area contributed by atoms with Crippen molar-refractivity contribution in [1.29, 1.82) is 0 Å². The summed E-state index contributed by atoms with van der Waals surface area (Å²) in [6.45, 7) is 3.10. The van der Waals surface area contributed by atoms with Crippen LogP contribution in [0, 0.1) is 5.92 Å². The van der Waals surface area contributed by atoms with E-state index in [4.69, 9.17) is 10.5 Å². The molecule has 2 rings (SSSR count). The van der Waals surface area contributed by atoms with Crippen molar-refractivity contribution in [3.8, 4) is 0 Å². The quantitative estimate of drug-likeness (QED) is 0.683. The number of amides is 1. The maximum atomic E-state index is 12.1. The number of carbonyl (C=O) groups excluding carboxylic acids is 1. The van der Waals surface area contributed by atoms with Gasteiger partial charge in [-0.05, 0) is 25.7 Å². The summed E-state index contributed by atoms with van der Waals surface area (Å²) < 4.78 is 5.26. The Bertz CT molecular complexity index is 227. The number of piperidine rings is 1. The summed E-state index contributed by atoms with van der Waals surface area (Å²) >= 11 is 0. The third kappa shape index (κ3) is 2.69. The van der Waals surface area contributed by atoms with Gasteiger partial charge in [0.1, 0.15) is 0 Å². The number of ether oxygens (including phenoxy) is 1. The largest absolute Gasteiger partial charge is 0.381 e. The predicted octanol–water partition coefficient (Wildman–Crippen LogP) is 0.363. The number of carbonyl (C=O) groups is 1. The van der Waals surface area contributed by atoms with Crippen LogP contribution in [0.15, 0.2) is 0 Å². The fraction of sp³-hybridized carbons (Fsp3) is 0.909. The van der Waals surface area contributed by atoms with Crippen molar-refractivity contribution in [3.05, 3.63) is 0 Å². The van der Waals surface area contributed by atoms with Crippen LogP contribution < -0.4 is 5.73 Å². The molecule has 2 aliphatic rings. The first-order valence-electron chi connectivity index (χ1n) is 5.89. The van der Waals surface area contributed by atoms with Gasteiger partial charge >= 0.3 is 0 Å². The highest BCUT2D eigenvalue weighted by atomic mass is 16.5. The molecule has 15 heavy (non-hydrogen) atoms. The van der Waals surface area contributed by atoms with E-state index in [0.29, 0.717) is 5.91 Å². The van der Waals surface area contributed by atoms with Gasteiger partial charge in [-0.25, -0.2) is 0 Å². The van der Waals surface area contributed by atoms with Gasteiger partial charge in [-0.3, -0.25) is 4.79 Å². The molecule has 2 N–H and O–H groups in total. The average Bonchev–Trinajstić information content (AvgIpc) is 2.29. The van der Waals surface area contributed by atoms with Crippen molar-refractivity contribution in [2.45, 2.75) is 31.7 Å². The molecular formula is C11H20N2O2. The molecule has 0 radical (unpaired) electrons. The highest BCUT2D eigenvalue weighted by Gasteiger charge is 2.28. The summed E-state index contributed by atoms with van der Waals surface area (Å²) in [6, 6.07) is 0.183. The van der Waals surface area contributed by atoms with E-state index in [1.807, 2.05) is 4.90 Å². The van der Waals surface area contributed by atoms with Crippen LogP contribution in [0.4, 0.5) is 0 Å². The summed E-state index contributed by atoms with van der Waals surface area (Å²) in [6.07, 6.45) is 3.86. The summed E-state index contributed by atoms with van der Waals surface area (Å²) in [5.41, 5.74) is 5.87. The molecular weight excluding hydrogens is 192 g/mol. The predicted molar refractivity (Wildman–Crippen MR) is 57.3 cm³/mol. The Balaban J connectivity index is 1.88. The average molecular weight is 212 g/mol. The van der Waals surface area contributed by atoms with Crippen LogP contribution >= 0.6 is 0 Å². The van der Waals surface area contributed by atoms with Crippen molar-refractivity contribution in [3.63, 3.8) is 0 Å². The van der Waals surface area contributed by atoms with E-state index in [0.717, 1.165) is 52.0 Å². The first-order chi connectivity index (χ1) is 7.27. The maximum absolute atomic E-state index is 12.1. The van der Waals surface area contributed by atoms with E-state index in [1.54, 1.807) is 0 Å². The van der Waals surface area contributed by atoms with Gasteiger partial charge in [-0.1, -0.05) is 0 Å². The number of likely N-dealkylation sites (tertiary alicyclic amines) is 1. The zero-order chi connectivity index (χ0) is 10.7. The molecule has 4 nitrogen and oxygen atoms in total. The monoisotopic (exact) mass is 212 g/mol. The highest BCUT2D eigenvalue weighted by molar-refractivity contribution is 5.79. The normalized spacial score (nSPS) is 29.1. The van der Waals surface area contributed by atoms with Crippen molar-refractivity contribution < 1.29 is 9.53 Å². The van der Waals surface area contributed by atoms with Gasteiger partial charge in [0.2, 0.25) is 5.91 Å².